The Morgan fingerprint density at radius 1 is 1.07 bits per heavy atom. The van der Waals surface area contributed by atoms with Gasteiger partial charge >= 0.3 is 0 Å². The molecule has 1 atom stereocenters. The minimum atomic E-state index is 0.525. The van der Waals surface area contributed by atoms with Gasteiger partial charge in [0.15, 0.2) is 0 Å². The van der Waals surface area contributed by atoms with E-state index < -0.39 is 0 Å². The van der Waals surface area contributed by atoms with E-state index in [1.165, 1.54) is 0 Å². The highest BCUT2D eigenvalue weighted by Gasteiger charge is 2.17. The molecule has 0 aliphatic rings. The van der Waals surface area contributed by atoms with Gasteiger partial charge in [-0.05, 0) is 33.6 Å². The zero-order valence-electron chi connectivity index (χ0n) is 10.7. The summed E-state index contributed by atoms with van der Waals surface area (Å²) in [6.07, 6.45) is 0. The summed E-state index contributed by atoms with van der Waals surface area (Å²) in [5, 5.41) is 0. The van der Waals surface area contributed by atoms with E-state index in [0.29, 0.717) is 12.1 Å². The van der Waals surface area contributed by atoms with Gasteiger partial charge in [0.05, 0.1) is 6.61 Å². The monoisotopic (exact) mass is 201 g/mol. The molecule has 0 aromatic rings. The minimum Gasteiger partial charge on any atom is -0.380 e. The smallest absolute Gasteiger partial charge is 0.0619 e. The molecule has 0 amide bonds. The Balaban J connectivity index is 4.04. The molecule has 0 saturated carbocycles. The van der Waals surface area contributed by atoms with E-state index in [1.807, 2.05) is 0 Å². The van der Waals surface area contributed by atoms with Gasteiger partial charge in [-0.25, -0.2) is 0 Å². The van der Waals surface area contributed by atoms with E-state index in [9.17, 15) is 0 Å². The number of hydrogen-bond acceptors (Lipinski definition) is 2. The van der Waals surface area contributed by atoms with Crippen LogP contribution < -0.4 is 0 Å². The van der Waals surface area contributed by atoms with Crippen molar-refractivity contribution in [3.63, 3.8) is 0 Å². The molecular weight excluding hydrogens is 174 g/mol. The fourth-order valence-corrected chi connectivity index (χ4v) is 1.71. The quantitative estimate of drug-likeness (QED) is 0.628. The van der Waals surface area contributed by atoms with E-state index in [4.69, 9.17) is 4.74 Å². The van der Waals surface area contributed by atoms with Gasteiger partial charge in [-0.15, -0.1) is 0 Å². The van der Waals surface area contributed by atoms with Crippen molar-refractivity contribution in [3.05, 3.63) is 0 Å². The molecule has 0 fully saturated rings. The molecule has 0 saturated heterocycles. The zero-order chi connectivity index (χ0) is 11.1. The third-order valence-electron chi connectivity index (χ3n) is 2.37. The van der Waals surface area contributed by atoms with E-state index in [0.717, 1.165) is 25.7 Å². The molecule has 0 radical (unpaired) electrons. The van der Waals surface area contributed by atoms with Crippen LogP contribution in [0.15, 0.2) is 0 Å². The lowest BCUT2D eigenvalue weighted by Gasteiger charge is -2.33. The zero-order valence-corrected chi connectivity index (χ0v) is 10.7. The lowest BCUT2D eigenvalue weighted by Crippen LogP contribution is -2.43. The van der Waals surface area contributed by atoms with Crippen LogP contribution >= 0.6 is 0 Å². The predicted molar refractivity (Wildman–Crippen MR) is 62.6 cm³/mol. The van der Waals surface area contributed by atoms with Crippen molar-refractivity contribution in [2.75, 3.05) is 19.8 Å². The first-order chi connectivity index (χ1) is 6.49. The second-order valence-electron chi connectivity index (χ2n) is 4.69. The number of rotatable bonds is 7. The first-order valence-corrected chi connectivity index (χ1v) is 5.82. The van der Waals surface area contributed by atoms with Crippen LogP contribution in [0.2, 0.25) is 0 Å². The Hall–Kier alpha value is -0.0800. The number of ether oxygens (including phenoxy) is 1. The van der Waals surface area contributed by atoms with Gasteiger partial charge in [0.2, 0.25) is 0 Å². The van der Waals surface area contributed by atoms with Gasteiger partial charge in [-0.2, -0.15) is 0 Å². The van der Waals surface area contributed by atoms with Crippen LogP contribution in [0.4, 0.5) is 0 Å². The molecule has 2 heteroatoms. The SMILES string of the molecule is CCOC[C@@H](C)N(CC(C)C)C(C)C. The lowest BCUT2D eigenvalue weighted by molar-refractivity contribution is 0.0517. The van der Waals surface area contributed by atoms with Crippen molar-refractivity contribution in [3.8, 4) is 0 Å². The molecule has 0 rings (SSSR count). The molecule has 0 aliphatic heterocycles. The summed E-state index contributed by atoms with van der Waals surface area (Å²) in [4.78, 5) is 2.51. The van der Waals surface area contributed by atoms with Gasteiger partial charge in [0, 0.05) is 25.2 Å². The molecule has 14 heavy (non-hydrogen) atoms. The molecule has 86 valence electrons. The molecule has 0 aliphatic carbocycles. The van der Waals surface area contributed by atoms with Crippen LogP contribution in [-0.2, 0) is 4.74 Å². The first-order valence-electron chi connectivity index (χ1n) is 5.82. The summed E-state index contributed by atoms with van der Waals surface area (Å²) in [5.74, 6) is 0.724. The van der Waals surface area contributed by atoms with Crippen LogP contribution in [0.3, 0.4) is 0 Å². The molecule has 0 aromatic carbocycles. The Morgan fingerprint density at radius 2 is 1.64 bits per heavy atom. The predicted octanol–water partition coefficient (Wildman–Crippen LogP) is 2.78. The molecule has 0 unspecified atom stereocenters. The average Bonchev–Trinajstić information content (AvgIpc) is 2.09. The van der Waals surface area contributed by atoms with Crippen LogP contribution in [0.5, 0.6) is 0 Å². The first kappa shape index (κ1) is 13.9. The standard InChI is InChI=1S/C12H27NO/c1-7-14-9-12(6)13(11(4)5)8-10(2)3/h10-12H,7-9H2,1-6H3/t12-/m1/s1. The van der Waals surface area contributed by atoms with E-state index in [-0.39, 0.29) is 0 Å². The Morgan fingerprint density at radius 3 is 2.00 bits per heavy atom. The van der Waals surface area contributed by atoms with E-state index >= 15 is 0 Å². The fourth-order valence-electron chi connectivity index (χ4n) is 1.71. The molecule has 0 spiro atoms. The van der Waals surface area contributed by atoms with Crippen LogP contribution in [0.1, 0.15) is 41.5 Å². The van der Waals surface area contributed by atoms with E-state index in [2.05, 4.69) is 46.4 Å². The topological polar surface area (TPSA) is 12.5 Å². The van der Waals surface area contributed by atoms with Gasteiger partial charge in [0.25, 0.3) is 0 Å². The molecule has 0 bridgehead atoms. The average molecular weight is 201 g/mol. The van der Waals surface area contributed by atoms with Crippen molar-refractivity contribution in [2.45, 2.75) is 53.6 Å². The Kier molecular flexibility index (Phi) is 7.20. The maximum atomic E-state index is 5.47. The van der Waals surface area contributed by atoms with Crippen molar-refractivity contribution in [1.82, 2.24) is 4.90 Å². The summed E-state index contributed by atoms with van der Waals surface area (Å²) in [6.45, 7) is 16.2. The fraction of sp³-hybridized carbons (Fsp3) is 1.00. The molecule has 0 N–H and O–H groups in total. The summed E-state index contributed by atoms with van der Waals surface area (Å²) < 4.78 is 5.47. The van der Waals surface area contributed by atoms with Gasteiger partial charge in [-0.1, -0.05) is 13.8 Å². The highest BCUT2D eigenvalue weighted by atomic mass is 16.5. The molecular formula is C12H27NO. The Bertz CT molecular complexity index is 134. The Labute approximate surface area is 89.6 Å². The van der Waals surface area contributed by atoms with E-state index in [1.54, 1.807) is 0 Å². The summed E-state index contributed by atoms with van der Waals surface area (Å²) in [7, 11) is 0. The van der Waals surface area contributed by atoms with Crippen LogP contribution in [0.25, 0.3) is 0 Å². The van der Waals surface area contributed by atoms with Gasteiger partial charge in [-0.3, -0.25) is 4.90 Å². The highest BCUT2D eigenvalue weighted by molar-refractivity contribution is 4.71. The molecule has 0 heterocycles. The maximum Gasteiger partial charge on any atom is 0.0619 e. The maximum absolute atomic E-state index is 5.47. The summed E-state index contributed by atoms with van der Waals surface area (Å²) >= 11 is 0. The van der Waals surface area contributed by atoms with Gasteiger partial charge in [0.1, 0.15) is 0 Å². The van der Waals surface area contributed by atoms with Gasteiger partial charge < -0.3 is 4.74 Å². The second-order valence-corrected chi connectivity index (χ2v) is 4.69. The van der Waals surface area contributed by atoms with Crippen LogP contribution in [0, 0.1) is 5.92 Å². The third kappa shape index (κ3) is 5.61. The van der Waals surface area contributed by atoms with Crippen molar-refractivity contribution in [2.24, 2.45) is 5.92 Å². The van der Waals surface area contributed by atoms with Crippen LogP contribution in [-0.4, -0.2) is 36.7 Å². The molecule has 0 aromatic heterocycles. The summed E-state index contributed by atoms with van der Waals surface area (Å²) in [6, 6.07) is 1.13. The minimum absolute atomic E-state index is 0.525. The largest absolute Gasteiger partial charge is 0.380 e. The third-order valence-corrected chi connectivity index (χ3v) is 2.37. The van der Waals surface area contributed by atoms with Crippen molar-refractivity contribution in [1.29, 1.82) is 0 Å². The highest BCUT2D eigenvalue weighted by Crippen LogP contribution is 2.09. The van der Waals surface area contributed by atoms with Crippen molar-refractivity contribution < 1.29 is 4.74 Å². The number of nitrogens with zero attached hydrogens (tertiary/aromatic N) is 1. The number of hydrogen-bond donors (Lipinski definition) is 0. The lowest BCUT2D eigenvalue weighted by atomic mass is 10.1. The summed E-state index contributed by atoms with van der Waals surface area (Å²) in [5.41, 5.74) is 0. The normalized spacial score (nSPS) is 14.4. The second kappa shape index (κ2) is 7.24. The van der Waals surface area contributed by atoms with Crippen molar-refractivity contribution >= 4 is 0 Å². The molecule has 2 nitrogen and oxygen atoms in total.